The van der Waals surface area contributed by atoms with Gasteiger partial charge in [-0.3, -0.25) is 0 Å². The Bertz CT molecular complexity index is 723. The molecule has 2 amide bonds. The van der Waals surface area contributed by atoms with Crippen molar-refractivity contribution in [1.82, 2.24) is 4.90 Å². The SMILES string of the molecule is N#Cc1ccccc1NC(=O)N1CCC(Nc2ccccc2)C1. The monoisotopic (exact) mass is 306 g/mol. The second-order valence-corrected chi connectivity index (χ2v) is 5.53. The number of carbonyl (C=O) groups is 1. The normalized spacial score (nSPS) is 16.7. The van der Waals surface area contributed by atoms with E-state index >= 15 is 0 Å². The first kappa shape index (κ1) is 14.9. The van der Waals surface area contributed by atoms with Gasteiger partial charge in [0.25, 0.3) is 0 Å². The molecule has 2 N–H and O–H groups in total. The fraction of sp³-hybridized carbons (Fsp3) is 0.222. The van der Waals surface area contributed by atoms with E-state index in [1.54, 1.807) is 29.2 Å². The van der Waals surface area contributed by atoms with Crippen molar-refractivity contribution in [2.24, 2.45) is 0 Å². The van der Waals surface area contributed by atoms with Gasteiger partial charge >= 0.3 is 6.03 Å². The van der Waals surface area contributed by atoms with Gasteiger partial charge in [0.05, 0.1) is 11.3 Å². The number of carbonyl (C=O) groups excluding carboxylic acids is 1. The van der Waals surface area contributed by atoms with Gasteiger partial charge < -0.3 is 15.5 Å². The second-order valence-electron chi connectivity index (χ2n) is 5.53. The molecule has 116 valence electrons. The lowest BCUT2D eigenvalue weighted by Crippen LogP contribution is -2.35. The van der Waals surface area contributed by atoms with Crippen molar-refractivity contribution in [3.8, 4) is 6.07 Å². The van der Waals surface area contributed by atoms with Gasteiger partial charge in [-0.15, -0.1) is 0 Å². The van der Waals surface area contributed by atoms with E-state index in [1.807, 2.05) is 30.3 Å². The number of hydrogen-bond acceptors (Lipinski definition) is 3. The van der Waals surface area contributed by atoms with Crippen molar-refractivity contribution in [2.45, 2.75) is 12.5 Å². The van der Waals surface area contributed by atoms with Crippen molar-refractivity contribution in [1.29, 1.82) is 5.26 Å². The Hall–Kier alpha value is -3.00. The Kier molecular flexibility index (Phi) is 4.44. The van der Waals surface area contributed by atoms with E-state index in [4.69, 9.17) is 5.26 Å². The lowest BCUT2D eigenvalue weighted by atomic mass is 10.2. The van der Waals surface area contributed by atoms with Crippen LogP contribution in [0.25, 0.3) is 0 Å². The number of anilines is 2. The molecule has 1 heterocycles. The fourth-order valence-electron chi connectivity index (χ4n) is 2.72. The van der Waals surface area contributed by atoms with Crippen LogP contribution in [0.5, 0.6) is 0 Å². The van der Waals surface area contributed by atoms with Crippen LogP contribution in [0, 0.1) is 11.3 Å². The molecule has 1 aliphatic heterocycles. The second kappa shape index (κ2) is 6.84. The first-order valence-corrected chi connectivity index (χ1v) is 7.63. The molecular weight excluding hydrogens is 288 g/mol. The van der Waals surface area contributed by atoms with Crippen LogP contribution in [0.3, 0.4) is 0 Å². The van der Waals surface area contributed by atoms with Crippen LogP contribution in [0.1, 0.15) is 12.0 Å². The summed E-state index contributed by atoms with van der Waals surface area (Å²) in [5.74, 6) is 0. The van der Waals surface area contributed by atoms with Crippen LogP contribution >= 0.6 is 0 Å². The number of amides is 2. The maximum atomic E-state index is 12.4. The molecule has 1 atom stereocenters. The number of para-hydroxylation sites is 2. The summed E-state index contributed by atoms with van der Waals surface area (Å²) in [5.41, 5.74) is 2.09. The van der Waals surface area contributed by atoms with Gasteiger partial charge in [-0.25, -0.2) is 4.79 Å². The van der Waals surface area contributed by atoms with Crippen molar-refractivity contribution >= 4 is 17.4 Å². The van der Waals surface area contributed by atoms with Crippen LogP contribution in [0.2, 0.25) is 0 Å². The number of benzene rings is 2. The van der Waals surface area contributed by atoms with Crippen LogP contribution in [-0.2, 0) is 0 Å². The van der Waals surface area contributed by atoms with Crippen LogP contribution in [-0.4, -0.2) is 30.1 Å². The third kappa shape index (κ3) is 3.61. The predicted octanol–water partition coefficient (Wildman–Crippen LogP) is 3.28. The highest BCUT2D eigenvalue weighted by atomic mass is 16.2. The fourth-order valence-corrected chi connectivity index (χ4v) is 2.72. The molecule has 3 rings (SSSR count). The molecule has 1 unspecified atom stereocenters. The van der Waals surface area contributed by atoms with E-state index in [0.29, 0.717) is 24.3 Å². The summed E-state index contributed by atoms with van der Waals surface area (Å²) in [6, 6.07) is 19.2. The maximum absolute atomic E-state index is 12.4. The molecule has 1 saturated heterocycles. The molecule has 0 radical (unpaired) electrons. The van der Waals surface area contributed by atoms with Gasteiger partial charge in [0.15, 0.2) is 0 Å². The average molecular weight is 306 g/mol. The number of hydrogen-bond donors (Lipinski definition) is 2. The molecule has 0 aliphatic carbocycles. The number of nitriles is 1. The zero-order valence-electron chi connectivity index (χ0n) is 12.7. The zero-order valence-corrected chi connectivity index (χ0v) is 12.7. The molecule has 5 heteroatoms. The Balaban J connectivity index is 1.58. The first-order chi connectivity index (χ1) is 11.3. The molecule has 0 bridgehead atoms. The summed E-state index contributed by atoms with van der Waals surface area (Å²) in [6.07, 6.45) is 0.905. The molecule has 1 fully saturated rings. The highest BCUT2D eigenvalue weighted by Crippen LogP contribution is 2.18. The number of likely N-dealkylation sites (tertiary alicyclic amines) is 1. The molecule has 5 nitrogen and oxygen atoms in total. The van der Waals surface area contributed by atoms with Gasteiger partial charge in [0, 0.05) is 24.8 Å². The zero-order chi connectivity index (χ0) is 16.1. The average Bonchev–Trinajstić information content (AvgIpc) is 3.05. The smallest absolute Gasteiger partial charge is 0.321 e. The lowest BCUT2D eigenvalue weighted by molar-refractivity contribution is 0.222. The lowest BCUT2D eigenvalue weighted by Gasteiger charge is -2.18. The molecule has 2 aromatic carbocycles. The summed E-state index contributed by atoms with van der Waals surface area (Å²) in [4.78, 5) is 14.1. The van der Waals surface area contributed by atoms with E-state index in [0.717, 1.165) is 12.1 Å². The number of nitrogens with one attached hydrogen (secondary N) is 2. The summed E-state index contributed by atoms with van der Waals surface area (Å²) < 4.78 is 0. The van der Waals surface area contributed by atoms with E-state index in [-0.39, 0.29) is 12.1 Å². The van der Waals surface area contributed by atoms with Gasteiger partial charge in [-0.05, 0) is 30.7 Å². The summed E-state index contributed by atoms with van der Waals surface area (Å²) in [6.45, 7) is 1.35. The summed E-state index contributed by atoms with van der Waals surface area (Å²) >= 11 is 0. The van der Waals surface area contributed by atoms with Gasteiger partial charge in [-0.1, -0.05) is 30.3 Å². The number of nitrogens with zero attached hydrogens (tertiary/aromatic N) is 2. The third-order valence-corrected chi connectivity index (χ3v) is 3.91. The molecule has 0 spiro atoms. The van der Waals surface area contributed by atoms with Crippen LogP contribution in [0.4, 0.5) is 16.2 Å². The van der Waals surface area contributed by atoms with Crippen molar-refractivity contribution in [3.63, 3.8) is 0 Å². The molecule has 1 aliphatic rings. The Morgan fingerprint density at radius 2 is 1.87 bits per heavy atom. The predicted molar refractivity (Wildman–Crippen MR) is 90.2 cm³/mol. The summed E-state index contributed by atoms with van der Waals surface area (Å²) in [7, 11) is 0. The van der Waals surface area contributed by atoms with Crippen molar-refractivity contribution < 1.29 is 4.79 Å². The Morgan fingerprint density at radius 3 is 2.65 bits per heavy atom. The highest BCUT2D eigenvalue weighted by molar-refractivity contribution is 5.91. The minimum atomic E-state index is -0.162. The number of urea groups is 1. The van der Waals surface area contributed by atoms with E-state index < -0.39 is 0 Å². The largest absolute Gasteiger partial charge is 0.380 e. The van der Waals surface area contributed by atoms with E-state index in [1.165, 1.54) is 0 Å². The molecule has 0 saturated carbocycles. The minimum absolute atomic E-state index is 0.162. The minimum Gasteiger partial charge on any atom is -0.380 e. The maximum Gasteiger partial charge on any atom is 0.321 e. The summed E-state index contributed by atoms with van der Waals surface area (Å²) in [5, 5.41) is 15.3. The topological polar surface area (TPSA) is 68.2 Å². The van der Waals surface area contributed by atoms with Gasteiger partial charge in [-0.2, -0.15) is 5.26 Å². The molecule has 2 aromatic rings. The van der Waals surface area contributed by atoms with Crippen molar-refractivity contribution in [2.75, 3.05) is 23.7 Å². The van der Waals surface area contributed by atoms with Gasteiger partial charge in [0.2, 0.25) is 0 Å². The van der Waals surface area contributed by atoms with Crippen molar-refractivity contribution in [3.05, 3.63) is 60.2 Å². The Labute approximate surface area is 135 Å². The first-order valence-electron chi connectivity index (χ1n) is 7.63. The third-order valence-electron chi connectivity index (χ3n) is 3.91. The molecule has 23 heavy (non-hydrogen) atoms. The highest BCUT2D eigenvalue weighted by Gasteiger charge is 2.26. The van der Waals surface area contributed by atoms with Crippen LogP contribution < -0.4 is 10.6 Å². The quantitative estimate of drug-likeness (QED) is 0.914. The van der Waals surface area contributed by atoms with E-state index in [2.05, 4.69) is 16.7 Å². The van der Waals surface area contributed by atoms with E-state index in [9.17, 15) is 4.79 Å². The standard InChI is InChI=1S/C18H18N4O/c19-12-14-6-4-5-9-17(14)21-18(23)22-11-10-16(13-22)20-15-7-2-1-3-8-15/h1-9,16,20H,10-11,13H2,(H,21,23). The van der Waals surface area contributed by atoms with Crippen LogP contribution in [0.15, 0.2) is 54.6 Å². The Morgan fingerprint density at radius 1 is 1.13 bits per heavy atom. The molecule has 0 aromatic heterocycles. The molecular formula is C18H18N4O. The number of rotatable bonds is 3. The van der Waals surface area contributed by atoms with Gasteiger partial charge in [0.1, 0.15) is 6.07 Å².